The van der Waals surface area contributed by atoms with E-state index < -0.39 is 0 Å². The Morgan fingerprint density at radius 2 is 2.33 bits per heavy atom. The van der Waals surface area contributed by atoms with Crippen LogP contribution in [0.15, 0.2) is 18.5 Å². The molecule has 3 N–H and O–H groups in total. The Morgan fingerprint density at radius 3 is 2.93 bits per heavy atom. The number of hydrogen-bond acceptors (Lipinski definition) is 4. The van der Waals surface area contributed by atoms with Crippen molar-refractivity contribution in [2.24, 2.45) is 5.73 Å². The molecular weight excluding hydrogens is 190 g/mol. The van der Waals surface area contributed by atoms with Gasteiger partial charge < -0.3 is 15.7 Å². The molecule has 84 valence electrons. The molecule has 0 amide bonds. The molecule has 4 nitrogen and oxygen atoms in total. The van der Waals surface area contributed by atoms with Crippen LogP contribution < -0.4 is 10.6 Å². The van der Waals surface area contributed by atoms with E-state index in [1.165, 1.54) is 0 Å². The van der Waals surface area contributed by atoms with E-state index in [9.17, 15) is 0 Å². The number of nitrogens with two attached hydrogens (primary N) is 1. The van der Waals surface area contributed by atoms with Crippen LogP contribution in [0.25, 0.3) is 0 Å². The summed E-state index contributed by atoms with van der Waals surface area (Å²) in [7, 11) is 0. The summed E-state index contributed by atoms with van der Waals surface area (Å²) in [5.74, 6) is 0. The number of aliphatic hydroxyl groups is 1. The monoisotopic (exact) mass is 209 g/mol. The number of anilines is 1. The van der Waals surface area contributed by atoms with E-state index in [1.807, 2.05) is 12.3 Å². The largest absolute Gasteiger partial charge is 0.396 e. The lowest BCUT2D eigenvalue weighted by Gasteiger charge is -2.24. The summed E-state index contributed by atoms with van der Waals surface area (Å²) in [5.41, 5.74) is 7.85. The van der Waals surface area contributed by atoms with Gasteiger partial charge in [-0.15, -0.1) is 0 Å². The van der Waals surface area contributed by atoms with Crippen LogP contribution in [-0.4, -0.2) is 29.8 Å². The van der Waals surface area contributed by atoms with Crippen molar-refractivity contribution in [1.82, 2.24) is 4.98 Å². The van der Waals surface area contributed by atoms with Gasteiger partial charge in [-0.05, 0) is 25.0 Å². The molecule has 0 saturated carbocycles. The van der Waals surface area contributed by atoms with Gasteiger partial charge in [0.05, 0.1) is 11.9 Å². The molecule has 0 unspecified atom stereocenters. The van der Waals surface area contributed by atoms with Gasteiger partial charge in [0, 0.05) is 32.4 Å². The summed E-state index contributed by atoms with van der Waals surface area (Å²) in [4.78, 5) is 6.30. The van der Waals surface area contributed by atoms with Crippen molar-refractivity contribution in [3.05, 3.63) is 24.0 Å². The summed E-state index contributed by atoms with van der Waals surface area (Å²) >= 11 is 0. The molecule has 1 aromatic rings. The molecule has 1 heterocycles. The first kappa shape index (κ1) is 11.9. The van der Waals surface area contributed by atoms with E-state index in [0.717, 1.165) is 30.8 Å². The minimum Gasteiger partial charge on any atom is -0.396 e. The van der Waals surface area contributed by atoms with Crippen LogP contribution in [0.4, 0.5) is 5.69 Å². The first-order valence-electron chi connectivity index (χ1n) is 5.32. The molecule has 0 aliphatic rings. The van der Waals surface area contributed by atoms with E-state index >= 15 is 0 Å². The van der Waals surface area contributed by atoms with Crippen LogP contribution in [0, 0.1) is 0 Å². The molecule has 0 aromatic carbocycles. The number of nitrogens with zero attached hydrogens (tertiary/aromatic N) is 2. The van der Waals surface area contributed by atoms with E-state index in [2.05, 4.69) is 16.8 Å². The van der Waals surface area contributed by atoms with Crippen LogP contribution >= 0.6 is 0 Å². The second kappa shape index (κ2) is 6.37. The van der Waals surface area contributed by atoms with Crippen molar-refractivity contribution in [1.29, 1.82) is 0 Å². The van der Waals surface area contributed by atoms with E-state index in [-0.39, 0.29) is 6.61 Å². The van der Waals surface area contributed by atoms with Crippen LogP contribution in [0.3, 0.4) is 0 Å². The topological polar surface area (TPSA) is 62.4 Å². The minimum absolute atomic E-state index is 0.217. The van der Waals surface area contributed by atoms with Gasteiger partial charge in [-0.1, -0.05) is 0 Å². The number of rotatable bonds is 6. The van der Waals surface area contributed by atoms with E-state index in [1.54, 1.807) is 6.20 Å². The van der Waals surface area contributed by atoms with Gasteiger partial charge >= 0.3 is 0 Å². The minimum atomic E-state index is 0.217. The highest BCUT2D eigenvalue weighted by atomic mass is 16.3. The lowest BCUT2D eigenvalue weighted by molar-refractivity contribution is 0.289. The highest BCUT2D eigenvalue weighted by molar-refractivity contribution is 5.51. The lowest BCUT2D eigenvalue weighted by atomic mass is 10.2. The molecule has 15 heavy (non-hydrogen) atoms. The molecule has 0 atom stereocenters. The standard InChI is InChI=1S/C11H19N3O/c1-2-14(6-3-7-15)11-9-13-5-4-10(11)8-12/h4-5,9,15H,2-3,6-8,12H2,1H3. The van der Waals surface area contributed by atoms with Crippen molar-refractivity contribution >= 4 is 5.69 Å². The predicted octanol–water partition coefficient (Wildman–Crippen LogP) is 0.749. The maximum Gasteiger partial charge on any atom is 0.0598 e. The van der Waals surface area contributed by atoms with Crippen molar-refractivity contribution in [3.63, 3.8) is 0 Å². The van der Waals surface area contributed by atoms with E-state index in [4.69, 9.17) is 10.8 Å². The summed E-state index contributed by atoms with van der Waals surface area (Å²) < 4.78 is 0. The Labute approximate surface area is 90.7 Å². The second-order valence-electron chi connectivity index (χ2n) is 3.37. The van der Waals surface area contributed by atoms with Crippen LogP contribution in [-0.2, 0) is 6.54 Å². The average molecular weight is 209 g/mol. The summed E-state index contributed by atoms with van der Waals surface area (Å²) in [5, 5.41) is 8.82. The molecule has 1 rings (SSSR count). The Balaban J connectivity index is 2.80. The lowest BCUT2D eigenvalue weighted by Crippen LogP contribution is -2.26. The summed E-state index contributed by atoms with van der Waals surface area (Å²) in [6, 6.07) is 1.94. The van der Waals surface area contributed by atoms with Crippen LogP contribution in [0.5, 0.6) is 0 Å². The van der Waals surface area contributed by atoms with Crippen molar-refractivity contribution < 1.29 is 5.11 Å². The first-order chi connectivity index (χ1) is 7.33. The second-order valence-corrected chi connectivity index (χ2v) is 3.37. The fourth-order valence-corrected chi connectivity index (χ4v) is 1.58. The molecular formula is C11H19N3O. The number of aromatic nitrogens is 1. The molecule has 0 aliphatic heterocycles. The van der Waals surface area contributed by atoms with Gasteiger partial charge in [-0.3, -0.25) is 4.98 Å². The fourth-order valence-electron chi connectivity index (χ4n) is 1.58. The van der Waals surface area contributed by atoms with E-state index in [0.29, 0.717) is 6.54 Å². The van der Waals surface area contributed by atoms with Gasteiger partial charge in [0.15, 0.2) is 0 Å². The number of pyridine rings is 1. The third kappa shape index (κ3) is 3.18. The SMILES string of the molecule is CCN(CCCO)c1cnccc1CN. The molecule has 0 bridgehead atoms. The highest BCUT2D eigenvalue weighted by Crippen LogP contribution is 2.18. The zero-order chi connectivity index (χ0) is 11.1. The predicted molar refractivity (Wildman–Crippen MR) is 61.7 cm³/mol. The molecule has 4 heteroatoms. The fraction of sp³-hybridized carbons (Fsp3) is 0.545. The van der Waals surface area contributed by atoms with Gasteiger partial charge in [0.25, 0.3) is 0 Å². The summed E-state index contributed by atoms with van der Waals surface area (Å²) in [6.07, 6.45) is 4.36. The Morgan fingerprint density at radius 1 is 1.53 bits per heavy atom. The van der Waals surface area contributed by atoms with Gasteiger partial charge in [0.1, 0.15) is 0 Å². The zero-order valence-electron chi connectivity index (χ0n) is 9.19. The number of hydrogen-bond donors (Lipinski definition) is 2. The Hall–Kier alpha value is -1.13. The molecule has 0 spiro atoms. The third-order valence-electron chi connectivity index (χ3n) is 2.42. The van der Waals surface area contributed by atoms with Crippen molar-refractivity contribution in [2.75, 3.05) is 24.6 Å². The third-order valence-corrected chi connectivity index (χ3v) is 2.42. The highest BCUT2D eigenvalue weighted by Gasteiger charge is 2.07. The van der Waals surface area contributed by atoms with Crippen LogP contribution in [0.1, 0.15) is 18.9 Å². The maximum atomic E-state index is 8.82. The molecule has 1 aromatic heterocycles. The Bertz CT molecular complexity index is 291. The van der Waals surface area contributed by atoms with Crippen LogP contribution in [0.2, 0.25) is 0 Å². The average Bonchev–Trinajstić information content (AvgIpc) is 2.30. The summed E-state index contributed by atoms with van der Waals surface area (Å²) in [6.45, 7) is 4.57. The van der Waals surface area contributed by atoms with Crippen molar-refractivity contribution in [3.8, 4) is 0 Å². The number of aliphatic hydroxyl groups excluding tert-OH is 1. The molecule has 0 aliphatic carbocycles. The van der Waals surface area contributed by atoms with Gasteiger partial charge in [0.2, 0.25) is 0 Å². The van der Waals surface area contributed by atoms with Crippen molar-refractivity contribution in [2.45, 2.75) is 19.9 Å². The maximum absolute atomic E-state index is 8.82. The first-order valence-corrected chi connectivity index (χ1v) is 5.32. The Kier molecular flexibility index (Phi) is 5.07. The molecule has 0 saturated heterocycles. The normalized spacial score (nSPS) is 10.3. The quantitative estimate of drug-likeness (QED) is 0.725. The molecule has 0 radical (unpaired) electrons. The van der Waals surface area contributed by atoms with Gasteiger partial charge in [-0.2, -0.15) is 0 Å². The smallest absolute Gasteiger partial charge is 0.0598 e. The zero-order valence-corrected chi connectivity index (χ0v) is 9.19. The molecule has 0 fully saturated rings. The van der Waals surface area contributed by atoms with Gasteiger partial charge in [-0.25, -0.2) is 0 Å².